The highest BCUT2D eigenvalue weighted by Gasteiger charge is 2.33. The second kappa shape index (κ2) is 24.4. The largest absolute Gasteiger partial charge is 0.460 e. The molecule has 1 aliphatic rings. The minimum atomic E-state index is -1.23. The summed E-state index contributed by atoms with van der Waals surface area (Å²) in [5.74, 6) is -2.64. The second-order valence-corrected chi connectivity index (χ2v) is 22.3. The van der Waals surface area contributed by atoms with Gasteiger partial charge in [0, 0.05) is 52.5 Å². The van der Waals surface area contributed by atoms with Gasteiger partial charge in [0.05, 0.1) is 0 Å². The molecule has 2 aromatic rings. The van der Waals surface area contributed by atoms with Crippen LogP contribution < -0.4 is 26.6 Å². The normalized spacial score (nSPS) is 17.0. The zero-order chi connectivity index (χ0) is 49.6. The van der Waals surface area contributed by atoms with Crippen molar-refractivity contribution in [1.82, 2.24) is 31.6 Å². The van der Waals surface area contributed by atoms with Crippen molar-refractivity contribution in [2.75, 3.05) is 13.1 Å². The summed E-state index contributed by atoms with van der Waals surface area (Å²) in [5, 5.41) is 15.0. The maximum absolute atomic E-state index is 13.9. The Bertz CT molecular complexity index is 1980. The van der Waals surface area contributed by atoms with Gasteiger partial charge in [0.25, 0.3) is 0 Å². The number of benzene rings is 1. The van der Waals surface area contributed by atoms with Crippen LogP contribution in [0.1, 0.15) is 146 Å². The average Bonchev–Trinajstić information content (AvgIpc) is 3.56. The molecule has 3 atom stereocenters. The molecule has 0 unspecified atom stereocenters. The van der Waals surface area contributed by atoms with Crippen LogP contribution in [0.5, 0.6) is 0 Å². The van der Waals surface area contributed by atoms with Crippen molar-refractivity contribution in [2.45, 2.75) is 188 Å². The number of rotatable bonds is 19. The third-order valence-corrected chi connectivity index (χ3v) is 10.9. The molecular formula is C48H75IN6O11. The predicted octanol–water partition coefficient (Wildman–Crippen LogP) is 7.26. The van der Waals surface area contributed by atoms with E-state index < -0.39 is 70.6 Å². The number of halogens is 1. The number of carbonyl (C=O) groups excluding carboxylic acids is 7. The molecule has 1 aromatic carbocycles. The van der Waals surface area contributed by atoms with E-state index in [2.05, 4.69) is 54.2 Å². The lowest BCUT2D eigenvalue weighted by atomic mass is 9.81. The zero-order valence-corrected chi connectivity index (χ0v) is 43.2. The molecule has 18 heteroatoms. The van der Waals surface area contributed by atoms with Gasteiger partial charge in [0.1, 0.15) is 40.5 Å². The first kappa shape index (κ1) is 55.7. The number of esters is 3. The van der Waals surface area contributed by atoms with Gasteiger partial charge < -0.3 is 50.5 Å². The molecule has 1 heterocycles. The molecular weight excluding hydrogens is 963 g/mol. The SMILES string of the molecule is CC(C)(C)OC(=O)CC[C@H](NC(=O)N[C@@H](CCCCNC(=O)[C@@H](Cc1c[nH]c2ccc(I)cc12)NC(=O)C1CCC(CNC(=O)OC(C)(C)C)CC1)C(=O)OC(C)(C)C)C(=O)OC(C)(C)C. The summed E-state index contributed by atoms with van der Waals surface area (Å²) in [6.45, 7) is 21.4. The Morgan fingerprint density at radius 3 is 1.80 bits per heavy atom. The quantitative estimate of drug-likeness (QED) is 0.0355. The Hall–Kier alpha value is -4.62. The Morgan fingerprint density at radius 2 is 1.24 bits per heavy atom. The fraction of sp³-hybridized carbons (Fsp3) is 0.688. The topological polar surface area (TPSA) is 232 Å². The molecule has 3 rings (SSSR count). The molecule has 1 aliphatic carbocycles. The van der Waals surface area contributed by atoms with Crippen molar-refractivity contribution in [1.29, 1.82) is 0 Å². The third-order valence-electron chi connectivity index (χ3n) is 10.2. The first-order valence-corrected chi connectivity index (χ1v) is 24.1. The zero-order valence-electron chi connectivity index (χ0n) is 41.1. The van der Waals surface area contributed by atoms with Gasteiger partial charge in [-0.05, 0) is 187 Å². The lowest BCUT2D eigenvalue weighted by Crippen LogP contribution is -2.53. The number of H-pyrrole nitrogens is 1. The summed E-state index contributed by atoms with van der Waals surface area (Å²) in [7, 11) is 0. The summed E-state index contributed by atoms with van der Waals surface area (Å²) in [5.41, 5.74) is -1.29. The lowest BCUT2D eigenvalue weighted by Gasteiger charge is -2.29. The molecule has 1 saturated carbocycles. The predicted molar refractivity (Wildman–Crippen MR) is 259 cm³/mol. The molecule has 370 valence electrons. The van der Waals surface area contributed by atoms with Crippen LogP contribution in [0.2, 0.25) is 0 Å². The Balaban J connectivity index is 1.66. The van der Waals surface area contributed by atoms with E-state index in [-0.39, 0.29) is 55.9 Å². The van der Waals surface area contributed by atoms with Crippen molar-refractivity contribution < 1.29 is 52.5 Å². The maximum Gasteiger partial charge on any atom is 0.407 e. The molecule has 66 heavy (non-hydrogen) atoms. The fourth-order valence-corrected chi connectivity index (χ4v) is 7.76. The molecule has 0 bridgehead atoms. The van der Waals surface area contributed by atoms with Crippen LogP contribution in [-0.4, -0.2) is 100 Å². The molecule has 1 fully saturated rings. The van der Waals surface area contributed by atoms with Crippen LogP contribution in [0.4, 0.5) is 9.59 Å². The number of carbonyl (C=O) groups is 7. The van der Waals surface area contributed by atoms with E-state index in [0.717, 1.165) is 32.9 Å². The standard InChI is InChI=1S/C48H75IN6O11/c1-45(2,3)63-38(56)23-22-36(42(60)65-47(7,8)9)55-43(61)54-35(41(59)64-46(4,5)6)15-13-14-24-50-40(58)37(25-31-28-51-34-21-20-32(49)26-33(31)34)53-39(57)30-18-16-29(17-19-30)27-52-44(62)66-48(10,11)12/h20-21,26,28-30,35-37,51H,13-19,22-25,27H2,1-12H3,(H,50,58)(H,52,62)(H,53,57)(H2,54,55,61)/t29?,30?,35-,36-,37+/m0/s1. The van der Waals surface area contributed by atoms with E-state index in [1.165, 1.54) is 0 Å². The number of aromatic nitrogens is 1. The number of fused-ring (bicyclic) bond motifs is 1. The number of hydrogen-bond acceptors (Lipinski definition) is 11. The first-order valence-electron chi connectivity index (χ1n) is 23.0. The molecule has 0 saturated heterocycles. The number of aromatic amines is 1. The van der Waals surface area contributed by atoms with Gasteiger partial charge in [-0.3, -0.25) is 14.4 Å². The number of unbranched alkanes of at least 4 members (excludes halogenated alkanes) is 1. The third kappa shape index (κ3) is 21.3. The van der Waals surface area contributed by atoms with Crippen LogP contribution in [-0.2, 0) is 49.3 Å². The number of ether oxygens (including phenoxy) is 4. The lowest BCUT2D eigenvalue weighted by molar-refractivity contribution is -0.159. The van der Waals surface area contributed by atoms with Gasteiger partial charge >= 0.3 is 30.0 Å². The van der Waals surface area contributed by atoms with E-state index >= 15 is 0 Å². The smallest absolute Gasteiger partial charge is 0.407 e. The van der Waals surface area contributed by atoms with Crippen molar-refractivity contribution in [2.24, 2.45) is 11.8 Å². The Labute approximate surface area is 404 Å². The molecule has 1 aromatic heterocycles. The van der Waals surface area contributed by atoms with E-state index in [1.807, 2.05) is 45.2 Å². The van der Waals surface area contributed by atoms with Crippen molar-refractivity contribution in [3.05, 3.63) is 33.5 Å². The number of nitrogens with one attached hydrogen (secondary N) is 6. The number of hydrogen-bond donors (Lipinski definition) is 6. The molecule has 0 aliphatic heterocycles. The van der Waals surface area contributed by atoms with Crippen molar-refractivity contribution in [3.8, 4) is 0 Å². The summed E-state index contributed by atoms with van der Waals surface area (Å²) in [4.78, 5) is 95.5. The maximum atomic E-state index is 13.9. The van der Waals surface area contributed by atoms with Crippen LogP contribution in [0.15, 0.2) is 24.4 Å². The minimum Gasteiger partial charge on any atom is -0.460 e. The van der Waals surface area contributed by atoms with Crippen LogP contribution >= 0.6 is 22.6 Å². The van der Waals surface area contributed by atoms with Gasteiger partial charge in [-0.25, -0.2) is 19.2 Å². The van der Waals surface area contributed by atoms with E-state index in [4.69, 9.17) is 18.9 Å². The van der Waals surface area contributed by atoms with E-state index in [1.54, 1.807) is 62.3 Å². The van der Waals surface area contributed by atoms with E-state index in [0.29, 0.717) is 32.2 Å². The van der Waals surface area contributed by atoms with Crippen LogP contribution in [0, 0.1) is 15.4 Å². The van der Waals surface area contributed by atoms with Gasteiger partial charge in [-0.1, -0.05) is 0 Å². The van der Waals surface area contributed by atoms with Gasteiger partial charge in [0.2, 0.25) is 11.8 Å². The van der Waals surface area contributed by atoms with Gasteiger partial charge in [-0.2, -0.15) is 0 Å². The monoisotopic (exact) mass is 1040 g/mol. The number of urea groups is 1. The molecule has 0 spiro atoms. The summed E-state index contributed by atoms with van der Waals surface area (Å²) >= 11 is 2.24. The minimum absolute atomic E-state index is 0.106. The molecule has 6 N–H and O–H groups in total. The van der Waals surface area contributed by atoms with Crippen molar-refractivity contribution in [3.63, 3.8) is 0 Å². The van der Waals surface area contributed by atoms with Crippen molar-refractivity contribution >= 4 is 75.3 Å². The molecule has 0 radical (unpaired) electrons. The second-order valence-electron chi connectivity index (χ2n) is 21.1. The number of alkyl carbamates (subject to hydrolysis) is 1. The fourth-order valence-electron chi connectivity index (χ4n) is 7.27. The summed E-state index contributed by atoms with van der Waals surface area (Å²) < 4.78 is 22.9. The van der Waals surface area contributed by atoms with Crippen LogP contribution in [0.3, 0.4) is 0 Å². The molecule has 17 nitrogen and oxygen atoms in total. The highest BCUT2D eigenvalue weighted by atomic mass is 127. The highest BCUT2D eigenvalue weighted by Crippen LogP contribution is 2.29. The van der Waals surface area contributed by atoms with Gasteiger partial charge in [0.15, 0.2) is 0 Å². The Kier molecular flexibility index (Phi) is 20.6. The first-order chi connectivity index (χ1) is 30.5. The average molecular weight is 1040 g/mol. The highest BCUT2D eigenvalue weighted by molar-refractivity contribution is 14.1. The number of amides is 5. The summed E-state index contributed by atoms with van der Waals surface area (Å²) in [6, 6.07) is 1.92. The van der Waals surface area contributed by atoms with Crippen LogP contribution in [0.25, 0.3) is 10.9 Å². The molecule has 5 amide bonds. The summed E-state index contributed by atoms with van der Waals surface area (Å²) in [6.07, 6.45) is 4.99. The van der Waals surface area contributed by atoms with Gasteiger partial charge in [-0.15, -0.1) is 0 Å². The Morgan fingerprint density at radius 1 is 0.682 bits per heavy atom. The van der Waals surface area contributed by atoms with E-state index in [9.17, 15) is 33.6 Å².